The van der Waals surface area contributed by atoms with Crippen LogP contribution in [0.3, 0.4) is 0 Å². The summed E-state index contributed by atoms with van der Waals surface area (Å²) in [4.78, 5) is 35.4. The Labute approximate surface area is 141 Å². The highest BCUT2D eigenvalue weighted by Crippen LogP contribution is 2.31. The number of benzene rings is 1. The van der Waals surface area contributed by atoms with Gasteiger partial charge in [0.25, 0.3) is 5.56 Å². The lowest BCUT2D eigenvalue weighted by Crippen LogP contribution is -2.40. The molecule has 0 N–H and O–H groups in total. The van der Waals surface area contributed by atoms with E-state index in [1.165, 1.54) is 18.2 Å². The van der Waals surface area contributed by atoms with Crippen LogP contribution in [0.4, 0.5) is 13.2 Å². The lowest BCUT2D eigenvalue weighted by Gasteiger charge is -2.14. The maximum atomic E-state index is 12.9. The van der Waals surface area contributed by atoms with E-state index in [2.05, 4.69) is 0 Å². The number of alkyl halides is 3. The van der Waals surface area contributed by atoms with Gasteiger partial charge in [-0.2, -0.15) is 13.2 Å². The van der Waals surface area contributed by atoms with E-state index in [0.717, 1.165) is 7.05 Å². The van der Waals surface area contributed by atoms with Crippen LogP contribution < -0.4 is 11.2 Å². The van der Waals surface area contributed by atoms with Crippen molar-refractivity contribution in [2.45, 2.75) is 6.18 Å². The Balaban J connectivity index is 2.41. The zero-order chi connectivity index (χ0) is 18.5. The van der Waals surface area contributed by atoms with E-state index in [1.807, 2.05) is 0 Å². The maximum Gasteiger partial charge on any atom is 0.431 e. The number of hydrogen-bond donors (Lipinski definition) is 0. The molecule has 6 nitrogen and oxygen atoms in total. The quantitative estimate of drug-likeness (QED) is 0.648. The average molecular weight is 373 g/mol. The fraction of sp³-hybridized carbons (Fsp3) is 0.133. The van der Waals surface area contributed by atoms with E-state index in [9.17, 15) is 27.6 Å². The molecular weight excluding hydrogens is 365 g/mol. The highest BCUT2D eigenvalue weighted by Gasteiger charge is 2.35. The van der Waals surface area contributed by atoms with Gasteiger partial charge in [0, 0.05) is 18.5 Å². The second-order valence-corrected chi connectivity index (χ2v) is 5.53. The smallest absolute Gasteiger partial charge is 0.431 e. The molecule has 0 saturated heterocycles. The van der Waals surface area contributed by atoms with Crippen LogP contribution in [0.1, 0.15) is 16.2 Å². The summed E-state index contributed by atoms with van der Waals surface area (Å²) in [5.41, 5.74) is -3.96. The molecule has 0 amide bonds. The largest absolute Gasteiger partial charge is 0.451 e. The van der Waals surface area contributed by atoms with Crippen molar-refractivity contribution in [3.63, 3.8) is 0 Å². The Morgan fingerprint density at radius 2 is 1.88 bits per heavy atom. The van der Waals surface area contributed by atoms with Crippen molar-refractivity contribution in [2.75, 3.05) is 0 Å². The van der Waals surface area contributed by atoms with Gasteiger partial charge in [0.1, 0.15) is 5.69 Å². The van der Waals surface area contributed by atoms with Gasteiger partial charge in [0.15, 0.2) is 17.6 Å². The van der Waals surface area contributed by atoms with E-state index < -0.39 is 23.1 Å². The minimum atomic E-state index is -4.86. The molecule has 0 bridgehead atoms. The van der Waals surface area contributed by atoms with Crippen LogP contribution in [-0.4, -0.2) is 15.4 Å². The molecule has 0 saturated carbocycles. The summed E-state index contributed by atoms with van der Waals surface area (Å²) < 4.78 is 44.8. The van der Waals surface area contributed by atoms with Crippen LogP contribution in [0.25, 0.3) is 16.7 Å². The first-order chi connectivity index (χ1) is 11.6. The van der Waals surface area contributed by atoms with Gasteiger partial charge in [-0.25, -0.2) is 9.36 Å². The molecule has 130 valence electrons. The van der Waals surface area contributed by atoms with Gasteiger partial charge in [-0.15, -0.1) is 0 Å². The minimum absolute atomic E-state index is 0.0615. The van der Waals surface area contributed by atoms with Crippen LogP contribution in [0, 0.1) is 0 Å². The van der Waals surface area contributed by atoms with Gasteiger partial charge in [-0.3, -0.25) is 14.2 Å². The van der Waals surface area contributed by atoms with Gasteiger partial charge < -0.3 is 4.42 Å². The first-order valence-electron chi connectivity index (χ1n) is 6.73. The van der Waals surface area contributed by atoms with Gasteiger partial charge >= 0.3 is 11.9 Å². The van der Waals surface area contributed by atoms with E-state index in [-0.39, 0.29) is 27.4 Å². The van der Waals surface area contributed by atoms with Gasteiger partial charge in [0.2, 0.25) is 0 Å². The third-order valence-corrected chi connectivity index (χ3v) is 3.93. The summed E-state index contributed by atoms with van der Waals surface area (Å²) in [6.45, 7) is 0. The van der Waals surface area contributed by atoms with Crippen molar-refractivity contribution < 1.29 is 22.4 Å². The van der Waals surface area contributed by atoms with E-state index in [0.29, 0.717) is 21.5 Å². The monoisotopic (exact) mass is 372 g/mol. The Bertz CT molecular complexity index is 1120. The molecule has 0 aliphatic rings. The van der Waals surface area contributed by atoms with Crippen molar-refractivity contribution in [1.29, 1.82) is 0 Å². The molecular formula is C15H8ClF3N2O4. The minimum Gasteiger partial charge on any atom is -0.451 e. The molecule has 0 radical (unpaired) electrons. The first-order valence-corrected chi connectivity index (χ1v) is 7.11. The fourth-order valence-corrected chi connectivity index (χ4v) is 2.65. The molecule has 3 aromatic rings. The molecule has 1 aromatic carbocycles. The average Bonchev–Trinajstić information content (AvgIpc) is 2.97. The summed E-state index contributed by atoms with van der Waals surface area (Å²) in [5.74, 6) is -0.110. The van der Waals surface area contributed by atoms with Crippen molar-refractivity contribution in [3.05, 3.63) is 61.6 Å². The number of aldehydes is 1. The topological polar surface area (TPSA) is 74.2 Å². The van der Waals surface area contributed by atoms with Gasteiger partial charge in [-0.05, 0) is 18.2 Å². The van der Waals surface area contributed by atoms with E-state index in [1.54, 1.807) is 0 Å². The zero-order valence-electron chi connectivity index (χ0n) is 12.4. The predicted molar refractivity (Wildman–Crippen MR) is 82.5 cm³/mol. The van der Waals surface area contributed by atoms with Crippen LogP contribution in [-0.2, 0) is 13.2 Å². The van der Waals surface area contributed by atoms with Crippen molar-refractivity contribution in [2.24, 2.45) is 7.05 Å². The summed E-state index contributed by atoms with van der Waals surface area (Å²) in [6, 6.07) is 4.20. The molecule has 2 heterocycles. The summed E-state index contributed by atoms with van der Waals surface area (Å²) in [5, 5.41) is 0.433. The number of nitrogens with zero attached hydrogens (tertiary/aromatic N) is 2. The lowest BCUT2D eigenvalue weighted by molar-refractivity contribution is -0.144. The van der Waals surface area contributed by atoms with Gasteiger partial charge in [0.05, 0.1) is 10.7 Å². The first kappa shape index (κ1) is 17.0. The normalized spacial score (nSPS) is 11.9. The highest BCUT2D eigenvalue weighted by molar-refractivity contribution is 6.35. The number of hydrogen-bond acceptors (Lipinski definition) is 4. The molecule has 25 heavy (non-hydrogen) atoms. The van der Waals surface area contributed by atoms with Gasteiger partial charge in [-0.1, -0.05) is 11.6 Å². The number of halogens is 4. The summed E-state index contributed by atoms with van der Waals surface area (Å²) in [7, 11) is 0.896. The molecule has 0 atom stereocenters. The standard InChI is InChI=1S/C15H8ClF3N2O4/c1-20-11(15(17,18)19)5-12(23)21(14(20)24)10-3-2-9(16)8-4-7(6-22)25-13(8)10/h2-6H,1H3. The predicted octanol–water partition coefficient (Wildman–Crippen LogP) is 2.77. The SMILES string of the molecule is Cn1c(C(F)(F)F)cc(=O)n(-c2ccc(Cl)c3cc(C=O)oc23)c1=O. The Hall–Kier alpha value is -2.81. The number of fused-ring (bicyclic) bond motifs is 1. The Morgan fingerprint density at radius 3 is 2.48 bits per heavy atom. The summed E-state index contributed by atoms with van der Waals surface area (Å²) >= 11 is 5.99. The molecule has 2 aromatic heterocycles. The maximum absolute atomic E-state index is 12.9. The van der Waals surface area contributed by atoms with E-state index >= 15 is 0 Å². The van der Waals surface area contributed by atoms with Crippen molar-refractivity contribution in [3.8, 4) is 5.69 Å². The summed E-state index contributed by atoms with van der Waals surface area (Å²) in [6.07, 6.45) is -4.47. The number of rotatable bonds is 2. The number of carbonyl (C=O) groups is 1. The molecule has 10 heteroatoms. The van der Waals surface area contributed by atoms with Crippen LogP contribution in [0.2, 0.25) is 5.02 Å². The highest BCUT2D eigenvalue weighted by atomic mass is 35.5. The zero-order valence-corrected chi connectivity index (χ0v) is 13.2. The second-order valence-electron chi connectivity index (χ2n) is 5.12. The number of carbonyl (C=O) groups excluding carboxylic acids is 1. The number of aromatic nitrogens is 2. The Kier molecular flexibility index (Phi) is 3.83. The third-order valence-electron chi connectivity index (χ3n) is 3.60. The third kappa shape index (κ3) is 2.66. The molecule has 0 unspecified atom stereocenters. The van der Waals surface area contributed by atoms with Crippen molar-refractivity contribution >= 4 is 28.9 Å². The second kappa shape index (κ2) is 5.62. The Morgan fingerprint density at radius 1 is 1.20 bits per heavy atom. The van der Waals surface area contributed by atoms with E-state index in [4.69, 9.17) is 16.0 Å². The molecule has 0 spiro atoms. The molecule has 0 aliphatic carbocycles. The van der Waals surface area contributed by atoms with Crippen molar-refractivity contribution in [1.82, 2.24) is 9.13 Å². The molecule has 0 aliphatic heterocycles. The number of furan rings is 1. The van der Waals surface area contributed by atoms with Crippen LogP contribution in [0.15, 0.2) is 38.3 Å². The molecule has 0 fully saturated rings. The lowest BCUT2D eigenvalue weighted by atomic mass is 10.2. The van der Waals surface area contributed by atoms with Crippen LogP contribution >= 0.6 is 11.6 Å². The van der Waals surface area contributed by atoms with Crippen LogP contribution in [0.5, 0.6) is 0 Å². The molecule has 3 rings (SSSR count). The fourth-order valence-electron chi connectivity index (χ4n) is 2.45.